The first kappa shape index (κ1) is 26.2. The van der Waals surface area contributed by atoms with E-state index in [1.54, 1.807) is 13.1 Å². The molecule has 0 saturated carbocycles. The largest absolute Gasteiger partial charge is 0.387 e. The maximum atomic E-state index is 14.3. The van der Waals surface area contributed by atoms with Gasteiger partial charge in [-0.05, 0) is 74.7 Å². The van der Waals surface area contributed by atoms with Crippen molar-refractivity contribution in [3.63, 3.8) is 0 Å². The lowest BCUT2D eigenvalue weighted by Gasteiger charge is -2.35. The Morgan fingerprint density at radius 3 is 2.56 bits per heavy atom. The number of nitrogens with zero attached hydrogens (tertiary/aromatic N) is 5. The standard InChI is InChI=1S/C31H26F2N6O2/c1-17-30(18(2)41-37-17)19-7-12-27-26(14-19)36-31(39(27)21-9-11-25(35-3)20(13-21)16-34)28-5-4-6-29(40)38(28)22-8-10-23(32)24(33)15-22/h7-15,28,35H,4-6H2,1-3H3/t28-/m0/s1. The number of piperidine rings is 1. The van der Waals surface area contributed by atoms with E-state index in [1.807, 2.05) is 48.7 Å². The number of rotatable bonds is 5. The van der Waals surface area contributed by atoms with Gasteiger partial charge in [-0.15, -0.1) is 0 Å². The number of carbonyl (C=O) groups excluding carboxylic acids is 1. The third-order valence-corrected chi connectivity index (χ3v) is 7.58. The van der Waals surface area contributed by atoms with Crippen molar-refractivity contribution in [2.24, 2.45) is 0 Å². The minimum atomic E-state index is -1.03. The van der Waals surface area contributed by atoms with Gasteiger partial charge in [0.25, 0.3) is 0 Å². The third-order valence-electron chi connectivity index (χ3n) is 7.58. The van der Waals surface area contributed by atoms with E-state index in [2.05, 4.69) is 16.5 Å². The Balaban J connectivity index is 1.60. The molecule has 0 aliphatic carbocycles. The van der Waals surface area contributed by atoms with Gasteiger partial charge in [-0.2, -0.15) is 5.26 Å². The molecule has 1 atom stereocenters. The van der Waals surface area contributed by atoms with Crippen molar-refractivity contribution >= 4 is 28.3 Å². The molecule has 5 aromatic rings. The minimum absolute atomic E-state index is 0.203. The predicted octanol–water partition coefficient (Wildman–Crippen LogP) is 6.75. The van der Waals surface area contributed by atoms with Crippen LogP contribution < -0.4 is 10.2 Å². The van der Waals surface area contributed by atoms with Gasteiger partial charge < -0.3 is 14.7 Å². The molecular formula is C31H26F2N6O2. The number of imidazole rings is 1. The highest BCUT2D eigenvalue weighted by molar-refractivity contribution is 5.95. The molecule has 1 N–H and O–H groups in total. The minimum Gasteiger partial charge on any atom is -0.387 e. The predicted molar refractivity (Wildman–Crippen MR) is 151 cm³/mol. The summed E-state index contributed by atoms with van der Waals surface area (Å²) in [7, 11) is 1.75. The summed E-state index contributed by atoms with van der Waals surface area (Å²) in [4.78, 5) is 19.9. The van der Waals surface area contributed by atoms with Gasteiger partial charge >= 0.3 is 0 Å². The Labute approximate surface area is 234 Å². The second-order valence-electron chi connectivity index (χ2n) is 10.1. The van der Waals surface area contributed by atoms with E-state index < -0.39 is 17.7 Å². The quantitative estimate of drug-likeness (QED) is 0.259. The van der Waals surface area contributed by atoms with Crippen molar-refractivity contribution in [3.05, 3.63) is 89.1 Å². The molecule has 1 aliphatic heterocycles. The topological polar surface area (TPSA) is 100.0 Å². The van der Waals surface area contributed by atoms with Gasteiger partial charge in [0.2, 0.25) is 5.91 Å². The first-order valence-corrected chi connectivity index (χ1v) is 13.3. The lowest BCUT2D eigenvalue weighted by Crippen LogP contribution is -2.39. The molecule has 6 rings (SSSR count). The maximum Gasteiger partial charge on any atom is 0.227 e. The monoisotopic (exact) mass is 552 g/mol. The van der Waals surface area contributed by atoms with Crippen LogP contribution in [0.5, 0.6) is 0 Å². The fourth-order valence-corrected chi connectivity index (χ4v) is 5.70. The van der Waals surface area contributed by atoms with E-state index in [9.17, 15) is 18.8 Å². The summed E-state index contributed by atoms with van der Waals surface area (Å²) >= 11 is 0. The fraction of sp³-hybridized carbons (Fsp3) is 0.226. The Morgan fingerprint density at radius 1 is 1.05 bits per heavy atom. The number of benzene rings is 3. The van der Waals surface area contributed by atoms with Crippen LogP contribution in [0.15, 0.2) is 59.1 Å². The van der Waals surface area contributed by atoms with E-state index in [4.69, 9.17) is 9.51 Å². The number of nitrogens with one attached hydrogen (secondary N) is 1. The number of aryl methyl sites for hydroxylation is 2. The third kappa shape index (κ3) is 4.39. The molecule has 0 unspecified atom stereocenters. The SMILES string of the molecule is CNc1ccc(-n2c([C@@H]3CCCC(=O)N3c3ccc(F)c(F)c3)nc3cc(-c4c(C)noc4C)ccc32)cc1C#N. The van der Waals surface area contributed by atoms with Crippen molar-refractivity contribution in [2.45, 2.75) is 39.2 Å². The number of carbonyl (C=O) groups is 1. The van der Waals surface area contributed by atoms with Crippen LogP contribution in [0.1, 0.15) is 48.1 Å². The van der Waals surface area contributed by atoms with Crippen LogP contribution in [0.4, 0.5) is 20.2 Å². The molecule has 0 spiro atoms. The van der Waals surface area contributed by atoms with E-state index >= 15 is 0 Å². The van der Waals surface area contributed by atoms with Crippen molar-refractivity contribution in [1.82, 2.24) is 14.7 Å². The zero-order chi connectivity index (χ0) is 28.8. The van der Waals surface area contributed by atoms with Crippen molar-refractivity contribution in [2.75, 3.05) is 17.3 Å². The summed E-state index contributed by atoms with van der Waals surface area (Å²) in [6, 6.07) is 16.5. The second kappa shape index (κ2) is 10.2. The number of nitriles is 1. The molecular weight excluding hydrogens is 526 g/mol. The van der Waals surface area contributed by atoms with Gasteiger partial charge in [0.1, 0.15) is 17.7 Å². The molecule has 1 saturated heterocycles. The summed E-state index contributed by atoms with van der Waals surface area (Å²) in [5, 5.41) is 16.9. The molecule has 0 radical (unpaired) electrons. The number of amides is 1. The van der Waals surface area contributed by atoms with Crippen LogP contribution in [-0.4, -0.2) is 27.7 Å². The smallest absolute Gasteiger partial charge is 0.227 e. The summed E-state index contributed by atoms with van der Waals surface area (Å²) in [6.45, 7) is 3.73. The number of halogens is 2. The molecule has 1 fully saturated rings. The molecule has 1 amide bonds. The number of hydrogen-bond donors (Lipinski definition) is 1. The maximum absolute atomic E-state index is 14.3. The molecule has 1 aliphatic rings. The van der Waals surface area contributed by atoms with Crippen LogP contribution in [0.2, 0.25) is 0 Å². The molecule has 8 nitrogen and oxygen atoms in total. The van der Waals surface area contributed by atoms with Crippen LogP contribution in [0.3, 0.4) is 0 Å². The van der Waals surface area contributed by atoms with Gasteiger partial charge in [-0.1, -0.05) is 11.2 Å². The lowest BCUT2D eigenvalue weighted by atomic mass is 9.99. The van der Waals surface area contributed by atoms with Crippen LogP contribution in [0, 0.1) is 36.8 Å². The van der Waals surface area contributed by atoms with Gasteiger partial charge in [0, 0.05) is 36.5 Å². The Hall–Kier alpha value is -5.04. The summed E-state index contributed by atoms with van der Waals surface area (Å²) in [5.41, 5.74) is 6.02. The van der Waals surface area contributed by atoms with Gasteiger partial charge in [0.15, 0.2) is 11.6 Å². The summed E-state index contributed by atoms with van der Waals surface area (Å²) in [5.74, 6) is -0.980. The van der Waals surface area contributed by atoms with Gasteiger partial charge in [0.05, 0.1) is 34.0 Å². The molecule has 10 heteroatoms. The average molecular weight is 553 g/mol. The summed E-state index contributed by atoms with van der Waals surface area (Å²) in [6.07, 6.45) is 1.45. The Bertz CT molecular complexity index is 1850. The van der Waals surface area contributed by atoms with Crippen molar-refractivity contribution in [3.8, 4) is 22.9 Å². The second-order valence-corrected chi connectivity index (χ2v) is 10.1. The normalized spacial score (nSPS) is 15.4. The van der Waals surface area contributed by atoms with Crippen LogP contribution >= 0.6 is 0 Å². The first-order valence-electron chi connectivity index (χ1n) is 13.3. The molecule has 41 heavy (non-hydrogen) atoms. The molecule has 206 valence electrons. The van der Waals surface area contributed by atoms with Crippen LogP contribution in [0.25, 0.3) is 27.8 Å². The number of anilines is 2. The fourth-order valence-electron chi connectivity index (χ4n) is 5.70. The van der Waals surface area contributed by atoms with Gasteiger partial charge in [-0.25, -0.2) is 13.8 Å². The Kier molecular flexibility index (Phi) is 6.50. The average Bonchev–Trinajstić information content (AvgIpc) is 3.52. The molecule has 3 aromatic carbocycles. The van der Waals surface area contributed by atoms with Gasteiger partial charge in [-0.3, -0.25) is 9.36 Å². The molecule has 0 bridgehead atoms. The Morgan fingerprint density at radius 2 is 1.85 bits per heavy atom. The zero-order valence-electron chi connectivity index (χ0n) is 22.7. The van der Waals surface area contributed by atoms with Crippen molar-refractivity contribution < 1.29 is 18.1 Å². The number of fused-ring (bicyclic) bond motifs is 1. The molecule has 2 aromatic heterocycles. The van der Waals surface area contributed by atoms with E-state index in [0.29, 0.717) is 46.9 Å². The number of aromatic nitrogens is 3. The first-order chi connectivity index (χ1) is 19.8. The van der Waals surface area contributed by atoms with Crippen molar-refractivity contribution in [1.29, 1.82) is 5.26 Å². The van der Waals surface area contributed by atoms with Crippen LogP contribution in [-0.2, 0) is 4.79 Å². The summed E-state index contributed by atoms with van der Waals surface area (Å²) < 4.78 is 35.4. The number of hydrogen-bond acceptors (Lipinski definition) is 6. The highest BCUT2D eigenvalue weighted by Crippen LogP contribution is 2.40. The lowest BCUT2D eigenvalue weighted by molar-refractivity contribution is -0.120. The van der Waals surface area contributed by atoms with E-state index in [0.717, 1.165) is 34.5 Å². The zero-order valence-corrected chi connectivity index (χ0v) is 22.7. The highest BCUT2D eigenvalue weighted by atomic mass is 19.2. The highest BCUT2D eigenvalue weighted by Gasteiger charge is 2.35. The molecule has 3 heterocycles. The van der Waals surface area contributed by atoms with E-state index in [-0.39, 0.29) is 18.0 Å². The van der Waals surface area contributed by atoms with E-state index in [1.165, 1.54) is 11.0 Å².